The lowest BCUT2D eigenvalue weighted by Crippen LogP contribution is -2.59. The van der Waals surface area contributed by atoms with E-state index in [1.807, 2.05) is 0 Å². The van der Waals surface area contributed by atoms with Gasteiger partial charge in [0.2, 0.25) is 0 Å². The number of halogens is 1. The summed E-state index contributed by atoms with van der Waals surface area (Å²) >= 11 is 1.46. The predicted molar refractivity (Wildman–Crippen MR) is 130 cm³/mol. The second-order valence-electron chi connectivity index (χ2n) is 9.27. The number of thiazole rings is 1. The van der Waals surface area contributed by atoms with Crippen molar-refractivity contribution in [1.29, 1.82) is 0 Å². The molecule has 5 rings (SSSR count). The van der Waals surface area contributed by atoms with E-state index in [1.54, 1.807) is 12.1 Å². The van der Waals surface area contributed by atoms with E-state index in [0.717, 1.165) is 36.6 Å². The monoisotopic (exact) mass is 484 g/mol. The van der Waals surface area contributed by atoms with Crippen LogP contribution in [-0.4, -0.2) is 64.4 Å². The molecule has 2 amide bonds. The molecule has 0 bridgehead atoms. The molecule has 34 heavy (non-hydrogen) atoms. The molecule has 2 aliphatic heterocycles. The third kappa shape index (κ3) is 4.70. The highest BCUT2D eigenvalue weighted by molar-refractivity contribution is 7.13. The Bertz CT molecular complexity index is 1220. The topological polar surface area (TPSA) is 102 Å². The van der Waals surface area contributed by atoms with Crippen molar-refractivity contribution in [2.75, 3.05) is 19.6 Å². The Hall–Kier alpha value is -2.82. The predicted octanol–water partition coefficient (Wildman–Crippen LogP) is 2.42. The molecule has 0 aliphatic carbocycles. The summed E-state index contributed by atoms with van der Waals surface area (Å²) in [5.41, 5.74) is 2.09. The lowest BCUT2D eigenvalue weighted by Gasteiger charge is -2.33. The Labute approximate surface area is 201 Å². The van der Waals surface area contributed by atoms with Gasteiger partial charge in [0.25, 0.3) is 11.8 Å². The minimum atomic E-state index is -0.347. The van der Waals surface area contributed by atoms with E-state index in [1.165, 1.54) is 23.5 Å². The summed E-state index contributed by atoms with van der Waals surface area (Å²) in [4.78, 5) is 37.1. The molecule has 8 nitrogen and oxygen atoms in total. The van der Waals surface area contributed by atoms with Crippen LogP contribution in [0.5, 0.6) is 0 Å². The van der Waals surface area contributed by atoms with Crippen LogP contribution in [0, 0.1) is 5.82 Å². The molecule has 4 heterocycles. The number of nitrogens with zero attached hydrogens (tertiary/aromatic N) is 2. The molecule has 180 valence electrons. The summed E-state index contributed by atoms with van der Waals surface area (Å²) in [6.45, 7) is 7.44. The Morgan fingerprint density at radius 3 is 2.85 bits per heavy atom. The summed E-state index contributed by atoms with van der Waals surface area (Å²) in [5.74, 6) is -0.828. The fourth-order valence-corrected chi connectivity index (χ4v) is 5.67. The summed E-state index contributed by atoms with van der Waals surface area (Å²) in [5, 5.41) is 10.5. The number of carbonyl (C=O) groups is 2. The lowest BCUT2D eigenvalue weighted by atomic mass is 10.0. The van der Waals surface area contributed by atoms with Gasteiger partial charge in [0, 0.05) is 47.9 Å². The van der Waals surface area contributed by atoms with Crippen LogP contribution in [0.3, 0.4) is 0 Å². The summed E-state index contributed by atoms with van der Waals surface area (Å²) in [6, 6.07) is 5.97. The van der Waals surface area contributed by atoms with E-state index < -0.39 is 0 Å². The number of piperidine rings is 1. The fourth-order valence-electron chi connectivity index (χ4n) is 4.64. The zero-order valence-electron chi connectivity index (χ0n) is 19.3. The quantitative estimate of drug-likeness (QED) is 0.446. The van der Waals surface area contributed by atoms with Gasteiger partial charge in [-0.25, -0.2) is 9.37 Å². The Balaban J connectivity index is 1.26. The number of hydrogen-bond donors (Lipinski definition) is 4. The Kier molecular flexibility index (Phi) is 6.37. The van der Waals surface area contributed by atoms with Crippen molar-refractivity contribution in [3.63, 3.8) is 0 Å². The van der Waals surface area contributed by atoms with Gasteiger partial charge in [0.05, 0.1) is 17.8 Å². The van der Waals surface area contributed by atoms with Gasteiger partial charge in [0.15, 0.2) is 5.01 Å². The standard InChI is InChI=1S/C24H29FN6O2S/c1-13(2)31-8-6-18-21(12-31)34-24(30-18)23(33)29-20-11-26-7-5-17(20)28-22(32)19-10-14-9-15(25)3-4-16(14)27-19/h3-4,9-10,13,17,20,26-27H,5-8,11-12H2,1-2H3,(H,28,32)(H,29,33)/t17?,20-/m1/s1. The van der Waals surface area contributed by atoms with Crippen molar-refractivity contribution in [2.45, 2.75) is 51.4 Å². The van der Waals surface area contributed by atoms with Gasteiger partial charge in [0.1, 0.15) is 11.5 Å². The molecule has 0 radical (unpaired) electrons. The number of fused-ring (bicyclic) bond motifs is 2. The van der Waals surface area contributed by atoms with Crippen LogP contribution >= 0.6 is 11.3 Å². The van der Waals surface area contributed by atoms with E-state index in [-0.39, 0.29) is 29.7 Å². The molecule has 4 N–H and O–H groups in total. The van der Waals surface area contributed by atoms with Gasteiger partial charge in [-0.3, -0.25) is 14.5 Å². The molecule has 2 atom stereocenters. The second kappa shape index (κ2) is 9.44. The molecular formula is C24H29FN6O2S. The van der Waals surface area contributed by atoms with Crippen LogP contribution in [0.15, 0.2) is 24.3 Å². The first kappa shape index (κ1) is 22.9. The van der Waals surface area contributed by atoms with Crippen LogP contribution in [0.25, 0.3) is 10.9 Å². The van der Waals surface area contributed by atoms with Gasteiger partial charge in [-0.1, -0.05) is 0 Å². The molecule has 1 unspecified atom stereocenters. The minimum Gasteiger partial charge on any atom is -0.351 e. The third-order valence-corrected chi connectivity index (χ3v) is 7.71. The van der Waals surface area contributed by atoms with Crippen molar-refractivity contribution >= 4 is 34.1 Å². The molecule has 0 spiro atoms. The molecule has 1 fully saturated rings. The van der Waals surface area contributed by atoms with E-state index in [0.29, 0.717) is 40.6 Å². The molecule has 2 aromatic heterocycles. The molecule has 1 aromatic carbocycles. The van der Waals surface area contributed by atoms with E-state index in [2.05, 4.69) is 44.7 Å². The normalized spacial score (nSPS) is 20.9. The van der Waals surface area contributed by atoms with Crippen LogP contribution in [0.2, 0.25) is 0 Å². The second-order valence-corrected chi connectivity index (χ2v) is 10.4. The molecule has 1 saturated heterocycles. The fraction of sp³-hybridized carbons (Fsp3) is 0.458. The SMILES string of the molecule is CC(C)N1CCc2nc(C(=O)N[C@@H]3CNCCC3NC(=O)c3cc4cc(F)ccc4[nH]3)sc2C1. The number of rotatable bonds is 5. The number of nitrogens with one attached hydrogen (secondary N) is 4. The van der Waals surface area contributed by atoms with E-state index >= 15 is 0 Å². The largest absolute Gasteiger partial charge is 0.351 e. The first-order valence-corrected chi connectivity index (χ1v) is 12.5. The van der Waals surface area contributed by atoms with E-state index in [9.17, 15) is 14.0 Å². The van der Waals surface area contributed by atoms with Crippen LogP contribution in [0.1, 0.15) is 51.1 Å². The Morgan fingerprint density at radius 2 is 2.03 bits per heavy atom. The number of hydrogen-bond acceptors (Lipinski definition) is 6. The van der Waals surface area contributed by atoms with Crippen LogP contribution < -0.4 is 16.0 Å². The highest BCUT2D eigenvalue weighted by Gasteiger charge is 2.30. The maximum atomic E-state index is 13.5. The molecule has 10 heteroatoms. The number of amides is 2. The average molecular weight is 485 g/mol. The van der Waals surface area contributed by atoms with Crippen molar-refractivity contribution < 1.29 is 14.0 Å². The van der Waals surface area contributed by atoms with Gasteiger partial charge >= 0.3 is 0 Å². The van der Waals surface area contributed by atoms with Crippen molar-refractivity contribution in [3.8, 4) is 0 Å². The molecule has 2 aliphatic rings. The maximum absolute atomic E-state index is 13.5. The van der Waals surface area contributed by atoms with Crippen LogP contribution in [0.4, 0.5) is 4.39 Å². The molecule has 3 aromatic rings. The minimum absolute atomic E-state index is 0.204. The van der Waals surface area contributed by atoms with Crippen molar-refractivity contribution in [1.82, 2.24) is 30.8 Å². The number of H-pyrrole nitrogens is 1. The van der Waals surface area contributed by atoms with Gasteiger partial charge < -0.3 is 20.9 Å². The van der Waals surface area contributed by atoms with Crippen molar-refractivity contribution in [3.05, 3.63) is 51.4 Å². The number of carbonyl (C=O) groups excluding carboxylic acids is 2. The molecule has 0 saturated carbocycles. The zero-order chi connectivity index (χ0) is 23.8. The average Bonchev–Trinajstić information content (AvgIpc) is 3.43. The summed E-state index contributed by atoms with van der Waals surface area (Å²) in [6.07, 6.45) is 1.54. The Morgan fingerprint density at radius 1 is 1.21 bits per heavy atom. The van der Waals surface area contributed by atoms with Gasteiger partial charge in [-0.05, 0) is 51.1 Å². The van der Waals surface area contributed by atoms with Crippen LogP contribution in [-0.2, 0) is 13.0 Å². The summed E-state index contributed by atoms with van der Waals surface area (Å²) in [7, 11) is 0. The highest BCUT2D eigenvalue weighted by Crippen LogP contribution is 2.26. The van der Waals surface area contributed by atoms with Gasteiger partial charge in [-0.2, -0.15) is 0 Å². The number of aromatic nitrogens is 2. The van der Waals surface area contributed by atoms with Crippen molar-refractivity contribution in [2.24, 2.45) is 0 Å². The van der Waals surface area contributed by atoms with E-state index in [4.69, 9.17) is 0 Å². The summed E-state index contributed by atoms with van der Waals surface area (Å²) < 4.78 is 13.5. The first-order chi connectivity index (χ1) is 16.4. The maximum Gasteiger partial charge on any atom is 0.280 e. The molecular weight excluding hydrogens is 455 g/mol. The first-order valence-electron chi connectivity index (χ1n) is 11.7. The highest BCUT2D eigenvalue weighted by atomic mass is 32.1. The number of aromatic amines is 1. The third-order valence-electron chi connectivity index (χ3n) is 6.63. The van der Waals surface area contributed by atoms with Gasteiger partial charge in [-0.15, -0.1) is 11.3 Å². The smallest absolute Gasteiger partial charge is 0.280 e. The number of benzene rings is 1. The lowest BCUT2D eigenvalue weighted by molar-refractivity contribution is 0.0866. The zero-order valence-corrected chi connectivity index (χ0v) is 20.1.